The van der Waals surface area contributed by atoms with Crippen molar-refractivity contribution in [3.05, 3.63) is 23.9 Å². The fourth-order valence-corrected chi connectivity index (χ4v) is 2.19. The summed E-state index contributed by atoms with van der Waals surface area (Å²) in [7, 11) is 0. The molecule has 4 heteroatoms. The molecule has 2 unspecified atom stereocenters. The molecule has 1 saturated heterocycles. The molecule has 0 saturated carbocycles. The van der Waals surface area contributed by atoms with Crippen molar-refractivity contribution in [2.24, 2.45) is 5.92 Å². The van der Waals surface area contributed by atoms with Gasteiger partial charge in [-0.1, -0.05) is 6.07 Å². The first-order valence-corrected chi connectivity index (χ1v) is 5.81. The summed E-state index contributed by atoms with van der Waals surface area (Å²) in [5, 5.41) is 3.23. The highest BCUT2D eigenvalue weighted by Crippen LogP contribution is 2.22. The molecular formula is C12H18FN3. The second kappa shape index (κ2) is 5.25. The number of hydrogen-bond donors (Lipinski definition) is 2. The number of piperidine rings is 1. The summed E-state index contributed by atoms with van der Waals surface area (Å²) in [4.78, 5) is 3.97. The molecule has 0 amide bonds. The van der Waals surface area contributed by atoms with Crippen LogP contribution in [0.3, 0.4) is 0 Å². The Kier molecular flexibility index (Phi) is 3.72. The van der Waals surface area contributed by atoms with Crippen LogP contribution in [-0.4, -0.2) is 24.2 Å². The van der Waals surface area contributed by atoms with E-state index in [1.54, 1.807) is 12.3 Å². The second-order valence-electron chi connectivity index (χ2n) is 4.37. The van der Waals surface area contributed by atoms with Crippen molar-refractivity contribution in [3.63, 3.8) is 0 Å². The van der Waals surface area contributed by atoms with Crippen molar-refractivity contribution in [1.82, 2.24) is 10.3 Å². The van der Waals surface area contributed by atoms with Crippen LogP contribution in [0.15, 0.2) is 18.3 Å². The number of anilines is 1. The summed E-state index contributed by atoms with van der Waals surface area (Å²) in [5.74, 6) is 0.572. The molecule has 3 nitrogen and oxygen atoms in total. The molecule has 2 atom stereocenters. The zero-order valence-corrected chi connectivity index (χ0v) is 9.32. The molecule has 1 aromatic rings. The summed E-state index contributed by atoms with van der Waals surface area (Å²) >= 11 is 0. The SMILES string of the molecule is Nc1ncccc1CC(F)C1CCCNC1. The van der Waals surface area contributed by atoms with Crippen molar-refractivity contribution in [2.75, 3.05) is 18.8 Å². The van der Waals surface area contributed by atoms with E-state index in [9.17, 15) is 4.39 Å². The Hall–Kier alpha value is -1.16. The largest absolute Gasteiger partial charge is 0.383 e. The van der Waals surface area contributed by atoms with Crippen LogP contribution in [0.1, 0.15) is 18.4 Å². The number of nitrogens with two attached hydrogens (primary N) is 1. The van der Waals surface area contributed by atoms with Crippen molar-refractivity contribution < 1.29 is 4.39 Å². The van der Waals surface area contributed by atoms with Crippen LogP contribution in [0, 0.1) is 5.92 Å². The van der Waals surface area contributed by atoms with E-state index < -0.39 is 6.17 Å². The normalized spacial score (nSPS) is 22.9. The van der Waals surface area contributed by atoms with Gasteiger partial charge in [0.2, 0.25) is 0 Å². The molecule has 1 aromatic heterocycles. The van der Waals surface area contributed by atoms with Gasteiger partial charge in [-0.2, -0.15) is 0 Å². The number of nitrogens with one attached hydrogen (secondary N) is 1. The Labute approximate surface area is 95.3 Å². The van der Waals surface area contributed by atoms with Gasteiger partial charge in [0, 0.05) is 25.1 Å². The minimum atomic E-state index is -0.820. The van der Waals surface area contributed by atoms with Gasteiger partial charge in [0.1, 0.15) is 12.0 Å². The first kappa shape index (κ1) is 11.3. The van der Waals surface area contributed by atoms with Crippen LogP contribution in [0.4, 0.5) is 10.2 Å². The van der Waals surface area contributed by atoms with Crippen molar-refractivity contribution in [3.8, 4) is 0 Å². The van der Waals surface area contributed by atoms with Gasteiger partial charge < -0.3 is 11.1 Å². The number of alkyl halides is 1. The Balaban J connectivity index is 1.96. The Morgan fingerprint density at radius 2 is 2.50 bits per heavy atom. The molecule has 88 valence electrons. The molecule has 0 aliphatic carbocycles. The van der Waals surface area contributed by atoms with Gasteiger partial charge in [-0.25, -0.2) is 9.37 Å². The lowest BCUT2D eigenvalue weighted by molar-refractivity contribution is 0.191. The topological polar surface area (TPSA) is 50.9 Å². The maximum Gasteiger partial charge on any atom is 0.126 e. The summed E-state index contributed by atoms with van der Waals surface area (Å²) in [5.41, 5.74) is 6.52. The molecule has 1 fully saturated rings. The molecular weight excluding hydrogens is 205 g/mol. The maximum absolute atomic E-state index is 14.0. The fraction of sp³-hybridized carbons (Fsp3) is 0.583. The molecule has 16 heavy (non-hydrogen) atoms. The van der Waals surface area contributed by atoms with Crippen LogP contribution in [-0.2, 0) is 6.42 Å². The number of hydrogen-bond acceptors (Lipinski definition) is 3. The van der Waals surface area contributed by atoms with Gasteiger partial charge in [0.05, 0.1) is 0 Å². The minimum absolute atomic E-state index is 0.119. The monoisotopic (exact) mass is 223 g/mol. The number of pyridine rings is 1. The third kappa shape index (κ3) is 2.70. The van der Waals surface area contributed by atoms with Crippen LogP contribution >= 0.6 is 0 Å². The lowest BCUT2D eigenvalue weighted by Gasteiger charge is -2.26. The van der Waals surface area contributed by atoms with Crippen molar-refractivity contribution in [1.29, 1.82) is 0 Å². The molecule has 0 spiro atoms. The summed E-state index contributed by atoms with van der Waals surface area (Å²) < 4.78 is 14.0. The lowest BCUT2D eigenvalue weighted by Crippen LogP contribution is -2.35. The average molecular weight is 223 g/mol. The number of nitrogen functional groups attached to an aromatic ring is 1. The number of aromatic nitrogens is 1. The number of rotatable bonds is 3. The maximum atomic E-state index is 14.0. The first-order valence-electron chi connectivity index (χ1n) is 5.81. The van der Waals surface area contributed by atoms with Gasteiger partial charge in [-0.15, -0.1) is 0 Å². The third-order valence-corrected chi connectivity index (χ3v) is 3.19. The Morgan fingerprint density at radius 3 is 3.19 bits per heavy atom. The third-order valence-electron chi connectivity index (χ3n) is 3.19. The molecule has 2 heterocycles. The standard InChI is InChI=1S/C12H18FN3/c13-11(10-4-1-5-15-8-10)7-9-3-2-6-16-12(9)14/h2-3,6,10-11,15H,1,4-5,7-8H2,(H2,14,16). The van der Waals surface area contributed by atoms with E-state index in [1.807, 2.05) is 6.07 Å². The van der Waals surface area contributed by atoms with Crippen LogP contribution in [0.2, 0.25) is 0 Å². The Morgan fingerprint density at radius 1 is 1.62 bits per heavy atom. The quantitative estimate of drug-likeness (QED) is 0.817. The van der Waals surface area contributed by atoms with Crippen LogP contribution < -0.4 is 11.1 Å². The smallest absolute Gasteiger partial charge is 0.126 e. The zero-order chi connectivity index (χ0) is 11.4. The average Bonchev–Trinajstić information content (AvgIpc) is 2.33. The van der Waals surface area contributed by atoms with E-state index in [0.29, 0.717) is 12.2 Å². The molecule has 0 radical (unpaired) electrons. The highest BCUT2D eigenvalue weighted by atomic mass is 19.1. The first-order chi connectivity index (χ1) is 7.77. The van der Waals surface area contributed by atoms with Gasteiger partial charge >= 0.3 is 0 Å². The fourth-order valence-electron chi connectivity index (χ4n) is 2.19. The van der Waals surface area contributed by atoms with E-state index in [1.165, 1.54) is 0 Å². The second-order valence-corrected chi connectivity index (χ2v) is 4.37. The Bertz CT molecular complexity index is 337. The summed E-state index contributed by atoms with van der Waals surface area (Å²) in [6.07, 6.45) is 3.22. The van der Waals surface area contributed by atoms with Crippen LogP contribution in [0.5, 0.6) is 0 Å². The summed E-state index contributed by atoms with van der Waals surface area (Å²) in [6.45, 7) is 1.79. The number of nitrogens with zero attached hydrogens (tertiary/aromatic N) is 1. The highest BCUT2D eigenvalue weighted by molar-refractivity contribution is 5.38. The van der Waals surface area contributed by atoms with Gasteiger partial charge in [-0.3, -0.25) is 0 Å². The lowest BCUT2D eigenvalue weighted by atomic mass is 9.91. The van der Waals surface area contributed by atoms with Crippen molar-refractivity contribution >= 4 is 5.82 Å². The van der Waals surface area contributed by atoms with Gasteiger partial charge in [-0.05, 0) is 31.0 Å². The van der Waals surface area contributed by atoms with Gasteiger partial charge in [0.15, 0.2) is 0 Å². The van der Waals surface area contributed by atoms with Gasteiger partial charge in [0.25, 0.3) is 0 Å². The number of halogens is 1. The molecule has 0 bridgehead atoms. The molecule has 0 aromatic carbocycles. The van der Waals surface area contributed by atoms with Crippen molar-refractivity contribution in [2.45, 2.75) is 25.4 Å². The minimum Gasteiger partial charge on any atom is -0.383 e. The van der Waals surface area contributed by atoms with E-state index in [-0.39, 0.29) is 5.92 Å². The predicted octanol–water partition coefficient (Wildman–Crippen LogP) is 1.54. The van der Waals surface area contributed by atoms with E-state index in [2.05, 4.69) is 10.3 Å². The predicted molar refractivity (Wildman–Crippen MR) is 62.8 cm³/mol. The van der Waals surface area contributed by atoms with E-state index in [4.69, 9.17) is 5.73 Å². The van der Waals surface area contributed by atoms with E-state index in [0.717, 1.165) is 31.5 Å². The molecule has 2 rings (SSSR count). The molecule has 1 aliphatic heterocycles. The van der Waals surface area contributed by atoms with E-state index >= 15 is 0 Å². The molecule has 3 N–H and O–H groups in total. The highest BCUT2D eigenvalue weighted by Gasteiger charge is 2.23. The summed E-state index contributed by atoms with van der Waals surface area (Å²) in [6, 6.07) is 3.66. The molecule has 1 aliphatic rings. The zero-order valence-electron chi connectivity index (χ0n) is 9.32. The van der Waals surface area contributed by atoms with Crippen LogP contribution in [0.25, 0.3) is 0 Å².